The van der Waals surface area contributed by atoms with Crippen LogP contribution in [0.2, 0.25) is 0 Å². The summed E-state index contributed by atoms with van der Waals surface area (Å²) in [7, 11) is 7.97. The van der Waals surface area contributed by atoms with E-state index in [2.05, 4.69) is 9.97 Å². The van der Waals surface area contributed by atoms with Crippen molar-refractivity contribution in [1.29, 1.82) is 0 Å². The third-order valence-corrected chi connectivity index (χ3v) is 7.84. The van der Waals surface area contributed by atoms with Gasteiger partial charge in [-0.3, -0.25) is 29.4 Å². The average molecular weight is 514 g/mol. The van der Waals surface area contributed by atoms with Crippen LogP contribution in [0.4, 0.5) is 0 Å². The number of piperidine rings is 2. The number of hydrogen-bond donors (Lipinski definition) is 2. The van der Waals surface area contributed by atoms with Crippen LogP contribution in [0.15, 0.2) is 48.8 Å². The van der Waals surface area contributed by atoms with E-state index in [1.54, 1.807) is 60.7 Å². The van der Waals surface area contributed by atoms with E-state index < -0.39 is 40.6 Å². The standard InChI is InChI=1S/C26H35N5O6/c1-29(2)14-15-31-16-24(22(32)36-4)20(18-10-6-8-12-27-18)30(3)21(19-11-7-9-13-28-19)25(17-31,23(33)37-5)26(24,34)35/h6-13,20-21,34-35H,14-17H2,1-5H3. The molecule has 2 N–H and O–H groups in total. The van der Waals surface area contributed by atoms with E-state index >= 15 is 0 Å². The third kappa shape index (κ3) is 3.93. The normalized spacial score (nSPS) is 29.6. The molecule has 0 radical (unpaired) electrons. The SMILES string of the molecule is COC(=O)C12CN(CCN(C)C)CC(C(=O)OC)(C(c3ccccn3)N(C)C1c1ccccn1)C2(O)O. The number of carbonyl (C=O) groups excluding carboxylic acids is 2. The molecule has 2 aliphatic heterocycles. The Morgan fingerprint density at radius 2 is 1.41 bits per heavy atom. The molecule has 0 saturated carbocycles. The fourth-order valence-electron chi connectivity index (χ4n) is 6.28. The van der Waals surface area contributed by atoms with Crippen molar-refractivity contribution in [3.8, 4) is 0 Å². The first-order chi connectivity index (χ1) is 17.6. The first-order valence-corrected chi connectivity index (χ1v) is 12.1. The molecule has 4 heterocycles. The summed E-state index contributed by atoms with van der Waals surface area (Å²) in [5, 5.41) is 24.5. The second-order valence-corrected chi connectivity index (χ2v) is 10.1. The molecular formula is C26H35N5O6. The van der Waals surface area contributed by atoms with E-state index in [4.69, 9.17) is 9.47 Å². The molecule has 4 atom stereocenters. The number of aromatic nitrogens is 2. The van der Waals surface area contributed by atoms with Crippen LogP contribution in [0.3, 0.4) is 0 Å². The summed E-state index contributed by atoms with van der Waals surface area (Å²) in [6.07, 6.45) is 3.16. The second-order valence-electron chi connectivity index (χ2n) is 10.1. The van der Waals surface area contributed by atoms with Crippen LogP contribution >= 0.6 is 0 Å². The smallest absolute Gasteiger partial charge is 0.320 e. The van der Waals surface area contributed by atoms with Gasteiger partial charge < -0.3 is 24.6 Å². The topological polar surface area (TPSA) is 129 Å². The Bertz CT molecular complexity index is 1040. The number of fused-ring (bicyclic) bond motifs is 2. The van der Waals surface area contributed by atoms with E-state index in [9.17, 15) is 19.8 Å². The number of hydrogen-bond acceptors (Lipinski definition) is 11. The van der Waals surface area contributed by atoms with E-state index in [1.807, 2.05) is 23.9 Å². The first-order valence-electron chi connectivity index (χ1n) is 12.1. The lowest BCUT2D eigenvalue weighted by molar-refractivity contribution is -0.375. The highest BCUT2D eigenvalue weighted by Gasteiger charge is 2.82. The van der Waals surface area contributed by atoms with Gasteiger partial charge in [0.15, 0.2) is 10.8 Å². The van der Waals surface area contributed by atoms with Crippen molar-refractivity contribution in [3.63, 3.8) is 0 Å². The largest absolute Gasteiger partial charge is 0.468 e. The Morgan fingerprint density at radius 1 is 0.946 bits per heavy atom. The van der Waals surface area contributed by atoms with Gasteiger partial charge in [-0.2, -0.15) is 0 Å². The summed E-state index contributed by atoms with van der Waals surface area (Å²) >= 11 is 0. The summed E-state index contributed by atoms with van der Waals surface area (Å²) < 4.78 is 10.5. The number of likely N-dealkylation sites (tertiary alicyclic amines) is 2. The Hall–Kier alpha value is -2.96. The molecule has 4 rings (SSSR count). The number of rotatable bonds is 7. The average Bonchev–Trinajstić information content (AvgIpc) is 2.89. The number of nitrogens with zero attached hydrogens (tertiary/aromatic N) is 5. The highest BCUT2D eigenvalue weighted by molar-refractivity contribution is 5.87. The number of methoxy groups -OCH3 is 2. The van der Waals surface area contributed by atoms with Gasteiger partial charge in [0.05, 0.1) is 37.7 Å². The lowest BCUT2D eigenvalue weighted by Gasteiger charge is -2.67. The van der Waals surface area contributed by atoms with Crippen LogP contribution in [-0.4, -0.2) is 114 Å². The molecule has 37 heavy (non-hydrogen) atoms. The molecule has 4 unspecified atom stereocenters. The predicted molar refractivity (Wildman–Crippen MR) is 133 cm³/mol. The molecular weight excluding hydrogens is 478 g/mol. The predicted octanol–water partition coefficient (Wildman–Crippen LogP) is 0.0813. The summed E-state index contributed by atoms with van der Waals surface area (Å²) in [4.78, 5) is 42.3. The molecule has 0 aromatic carbocycles. The maximum atomic E-state index is 13.8. The van der Waals surface area contributed by atoms with Crippen LogP contribution in [0, 0.1) is 10.8 Å². The molecule has 2 bridgehead atoms. The van der Waals surface area contributed by atoms with Crippen LogP contribution in [0.25, 0.3) is 0 Å². The minimum Gasteiger partial charge on any atom is -0.468 e. The van der Waals surface area contributed by atoms with Gasteiger partial charge in [-0.25, -0.2) is 0 Å². The van der Waals surface area contributed by atoms with Crippen LogP contribution < -0.4 is 0 Å². The third-order valence-electron chi connectivity index (χ3n) is 7.84. The van der Waals surface area contributed by atoms with Crippen molar-refractivity contribution in [2.45, 2.75) is 17.9 Å². The van der Waals surface area contributed by atoms with Crippen LogP contribution in [-0.2, 0) is 19.1 Å². The molecule has 11 heteroatoms. The first kappa shape index (κ1) is 27.1. The fourth-order valence-corrected chi connectivity index (χ4v) is 6.28. The maximum absolute atomic E-state index is 13.8. The molecule has 11 nitrogen and oxygen atoms in total. The van der Waals surface area contributed by atoms with Gasteiger partial charge in [-0.15, -0.1) is 0 Å². The highest BCUT2D eigenvalue weighted by Crippen LogP contribution is 2.66. The maximum Gasteiger partial charge on any atom is 0.320 e. The molecule has 0 amide bonds. The zero-order valence-electron chi connectivity index (χ0n) is 21.9. The van der Waals surface area contributed by atoms with Crippen molar-refractivity contribution in [1.82, 2.24) is 24.7 Å². The van der Waals surface area contributed by atoms with Crippen molar-refractivity contribution in [3.05, 3.63) is 60.2 Å². The molecule has 2 aliphatic rings. The minimum atomic E-state index is -2.90. The van der Waals surface area contributed by atoms with Gasteiger partial charge in [-0.05, 0) is 45.4 Å². The number of carbonyl (C=O) groups is 2. The van der Waals surface area contributed by atoms with Gasteiger partial charge in [0.1, 0.15) is 0 Å². The lowest BCUT2D eigenvalue weighted by Crippen LogP contribution is -2.83. The van der Waals surface area contributed by atoms with Crippen LogP contribution in [0.1, 0.15) is 23.5 Å². The fraction of sp³-hybridized carbons (Fsp3) is 0.538. The summed E-state index contributed by atoms with van der Waals surface area (Å²) in [6, 6.07) is 8.49. The zero-order valence-corrected chi connectivity index (χ0v) is 21.9. The van der Waals surface area contributed by atoms with E-state index in [0.717, 1.165) is 0 Å². The minimum absolute atomic E-state index is 0.0836. The molecule has 0 spiro atoms. The van der Waals surface area contributed by atoms with E-state index in [1.165, 1.54) is 14.2 Å². The summed E-state index contributed by atoms with van der Waals surface area (Å²) in [5.74, 6) is -4.62. The summed E-state index contributed by atoms with van der Waals surface area (Å²) in [5.41, 5.74) is -3.18. The summed E-state index contributed by atoms with van der Waals surface area (Å²) in [6.45, 7) is 0.893. The number of aliphatic hydroxyl groups is 2. The molecule has 0 aliphatic carbocycles. The molecule has 2 aromatic heterocycles. The van der Waals surface area contributed by atoms with Gasteiger partial charge in [-0.1, -0.05) is 12.1 Å². The van der Waals surface area contributed by atoms with Crippen LogP contribution in [0.5, 0.6) is 0 Å². The molecule has 200 valence electrons. The van der Waals surface area contributed by atoms with Gasteiger partial charge in [0.25, 0.3) is 0 Å². The Morgan fingerprint density at radius 3 is 1.76 bits per heavy atom. The number of esters is 2. The van der Waals surface area contributed by atoms with Gasteiger partial charge in [0.2, 0.25) is 5.79 Å². The lowest BCUT2D eigenvalue weighted by atomic mass is 9.51. The van der Waals surface area contributed by atoms with E-state index in [-0.39, 0.29) is 13.1 Å². The number of ether oxygens (including phenoxy) is 2. The van der Waals surface area contributed by atoms with Crippen molar-refractivity contribution in [2.75, 3.05) is 61.5 Å². The zero-order chi connectivity index (χ0) is 27.0. The van der Waals surface area contributed by atoms with E-state index in [0.29, 0.717) is 24.5 Å². The second kappa shape index (κ2) is 10.1. The molecule has 2 aromatic rings. The quantitative estimate of drug-likeness (QED) is 0.386. The monoisotopic (exact) mass is 513 g/mol. The van der Waals surface area contributed by atoms with Crippen molar-refractivity contribution in [2.24, 2.45) is 10.8 Å². The Labute approximate surface area is 216 Å². The Kier molecular flexibility index (Phi) is 7.37. The van der Waals surface area contributed by atoms with Gasteiger partial charge >= 0.3 is 11.9 Å². The van der Waals surface area contributed by atoms with Crippen molar-refractivity contribution >= 4 is 11.9 Å². The molecule has 2 fully saturated rings. The molecule has 2 saturated heterocycles. The Balaban J connectivity index is 2.08. The van der Waals surface area contributed by atoms with Gasteiger partial charge in [0, 0.05) is 38.6 Å². The highest BCUT2D eigenvalue weighted by atomic mass is 16.6. The van der Waals surface area contributed by atoms with Crippen molar-refractivity contribution < 1.29 is 29.3 Å². The number of likely N-dealkylation sites (N-methyl/N-ethyl adjacent to an activating group) is 1. The number of pyridine rings is 2.